The summed E-state index contributed by atoms with van der Waals surface area (Å²) >= 11 is 0. The number of ether oxygens (including phenoxy) is 3. The number of likely N-dealkylation sites (tertiary alicyclic amines) is 2. The lowest BCUT2D eigenvalue weighted by Gasteiger charge is -2.30. The molecule has 6 atom stereocenters. The number of rotatable bonds is 17. The van der Waals surface area contributed by atoms with E-state index in [0.29, 0.717) is 25.0 Å². The van der Waals surface area contributed by atoms with Crippen LogP contribution < -0.4 is 21.3 Å². The quantitative estimate of drug-likeness (QED) is 0.0383. The Labute approximate surface area is 653 Å². The summed E-state index contributed by atoms with van der Waals surface area (Å²) in [5.74, 6) is 1.89. The first-order valence-electron chi connectivity index (χ1n) is 33.8. The lowest BCUT2D eigenvalue weighted by molar-refractivity contribution is -0.140. The number of carboxylic acid groups (broad SMARTS) is 1. The molecule has 0 bridgehead atoms. The second-order valence-corrected chi connectivity index (χ2v) is 25.8. The minimum Gasteiger partial charge on any atom is -0.480 e. The van der Waals surface area contributed by atoms with Gasteiger partial charge in [0.05, 0.1) is 82.8 Å². The first kappa shape index (κ1) is 90.1. The van der Waals surface area contributed by atoms with Crippen LogP contribution in [0.15, 0.2) is 103 Å². The molecule has 5 amide bonds. The van der Waals surface area contributed by atoms with E-state index in [4.69, 9.17) is 20.9 Å². The van der Waals surface area contributed by atoms with Gasteiger partial charge in [-0.25, -0.2) is 34.1 Å². The Morgan fingerprint density at radius 2 is 0.961 bits per heavy atom. The Morgan fingerprint density at radius 3 is 1.45 bits per heavy atom. The predicted molar refractivity (Wildman–Crippen MR) is 439 cm³/mol. The molecule has 3 aliphatic heterocycles. The van der Waals surface area contributed by atoms with Crippen molar-refractivity contribution in [3.63, 3.8) is 0 Å². The van der Waals surface area contributed by atoms with Gasteiger partial charge in [-0.15, -0.1) is 0 Å². The van der Waals surface area contributed by atoms with E-state index >= 15 is 0 Å². The molecule has 12 rings (SSSR count). The van der Waals surface area contributed by atoms with E-state index in [9.17, 15) is 33.2 Å². The molecule has 7 heterocycles. The maximum Gasteiger partial charge on any atom is 0.407 e. The topological polar surface area (TPSA) is 307 Å². The largest absolute Gasteiger partial charge is 0.480 e. The van der Waals surface area contributed by atoms with Crippen molar-refractivity contribution in [1.29, 1.82) is 0 Å². The molecule has 0 unspecified atom stereocenters. The molecule has 103 heavy (non-hydrogen) atoms. The number of nitrogens with zero attached hydrogens (tertiary/aromatic N) is 5. The number of aromatic amines is 4. The summed E-state index contributed by atoms with van der Waals surface area (Å²) in [7, 11) is 2.78. The number of halogens is 1. The van der Waals surface area contributed by atoms with Gasteiger partial charge in [0.25, 0.3) is 0 Å². The molecular formula is C72H106FN13O10S7. The summed E-state index contributed by atoms with van der Waals surface area (Å²) in [5, 5.41) is 20.8. The maximum absolute atomic E-state index is 13.6. The monoisotopic (exact) mass is 1560 g/mol. The number of carboxylic acids is 1. The Kier molecular flexibility index (Phi) is 37.9. The van der Waals surface area contributed by atoms with Crippen molar-refractivity contribution >= 4 is 152 Å². The standard InChI is InChI=1S/C39H49N7O6.C25H27N5.C7H13NO4.CH3F.7H2S/c1-22(2)33(43-38(49)51-5)36(47)45-17-7-9-31(45)29-20-27-19-26(15-16-28(27)41-29)24-11-13-25(14-12-24)30-21-40-35(42-30)32-10-8-18-46(32)37(48)34(23(3)4)44-39(50)52-6;1-2-5-18(4-1)24-28-20-12-11-19(14-22(20)29-24)16-7-9-17(10-8-16)23-15-27-25(30-23)21-6-3-13-26-21;1-4(2)5(6(9)10)8-7(11)12-3;1-2;;;;;;;/h11-16,19-23,31-34,41H,7-10,17-18H2,1-6H3,(H,40,42)(H,43,49)(H,44,50);7-12,14-15,18,21,26H,1-6,13H2,(H,27,30)(H,28,29);4-5H,1-3H3,(H,8,11)(H,9,10);1H3;7*1H2/t31-,32-,33-,34-;21-;5-;;;;;;;;/m000......../s1/i;;;1D;;;;;;;. The summed E-state index contributed by atoms with van der Waals surface area (Å²) in [6.07, 6.45) is 12.7. The number of amides is 5. The molecule has 568 valence electrons. The van der Waals surface area contributed by atoms with E-state index in [2.05, 4.69) is 147 Å². The van der Waals surface area contributed by atoms with Crippen molar-refractivity contribution in [2.75, 3.05) is 48.1 Å². The Bertz CT molecular complexity index is 3980. The fraction of sp³-hybridized carbons (Fsp3) is 0.458. The van der Waals surface area contributed by atoms with E-state index in [1.54, 1.807) is 20.0 Å². The van der Waals surface area contributed by atoms with Crippen LogP contribution in [0.4, 0.5) is 18.8 Å². The molecule has 31 heteroatoms. The average molecular weight is 1560 g/mol. The Hall–Kier alpha value is -7.13. The van der Waals surface area contributed by atoms with Gasteiger partial charge < -0.3 is 70.3 Å². The molecule has 8 aromatic rings. The molecule has 3 saturated heterocycles. The number of H-pyrrole nitrogens is 4. The van der Waals surface area contributed by atoms with Gasteiger partial charge >= 0.3 is 24.2 Å². The molecule has 0 radical (unpaired) electrons. The highest BCUT2D eigenvalue weighted by atomic mass is 32.1. The van der Waals surface area contributed by atoms with Crippen LogP contribution in [0.2, 0.25) is 0 Å². The van der Waals surface area contributed by atoms with E-state index < -0.39 is 49.5 Å². The number of aliphatic carboxylic acids is 1. The lowest BCUT2D eigenvalue weighted by Crippen LogP contribution is -2.51. The van der Waals surface area contributed by atoms with E-state index in [1.165, 1.54) is 75.9 Å². The normalized spacial score (nSPS) is 16.7. The summed E-state index contributed by atoms with van der Waals surface area (Å²) in [4.78, 5) is 104. The third-order valence-corrected chi connectivity index (χ3v) is 18.4. The van der Waals surface area contributed by atoms with Gasteiger partial charge in [-0.1, -0.05) is 115 Å². The minimum absolute atomic E-state index is 0. The zero-order valence-electron chi connectivity index (χ0n) is 60.7. The van der Waals surface area contributed by atoms with Crippen LogP contribution in [0.25, 0.3) is 66.7 Å². The highest BCUT2D eigenvalue weighted by Crippen LogP contribution is 2.38. The number of aromatic nitrogens is 7. The van der Waals surface area contributed by atoms with Gasteiger partial charge in [0, 0.05) is 35.6 Å². The molecule has 4 fully saturated rings. The number of carbonyl (C=O) groups is 6. The van der Waals surface area contributed by atoms with Crippen molar-refractivity contribution in [1.82, 2.24) is 66.0 Å². The van der Waals surface area contributed by atoms with Gasteiger partial charge in [-0.05, 0) is 139 Å². The van der Waals surface area contributed by atoms with Gasteiger partial charge in [-0.3, -0.25) is 14.0 Å². The van der Waals surface area contributed by atoms with Crippen LogP contribution in [0.1, 0.15) is 154 Å². The number of imidazole rings is 3. The molecule has 23 nitrogen and oxygen atoms in total. The number of methoxy groups -OCH3 is 3. The molecule has 9 N–H and O–H groups in total. The van der Waals surface area contributed by atoms with Crippen molar-refractivity contribution in [2.24, 2.45) is 17.8 Å². The molecule has 4 aromatic heterocycles. The maximum atomic E-state index is 13.6. The number of carbonyl (C=O) groups excluding carboxylic acids is 5. The number of hydrogen-bond acceptors (Lipinski definition) is 13. The van der Waals surface area contributed by atoms with E-state index in [0.717, 1.165) is 106 Å². The van der Waals surface area contributed by atoms with E-state index in [1.807, 2.05) is 43.7 Å². The number of alkyl halides is 1. The molecule has 1 aliphatic carbocycles. The first-order chi connectivity index (χ1) is 46.7. The fourth-order valence-electron chi connectivity index (χ4n) is 13.2. The number of fused-ring (bicyclic) bond motifs is 2. The lowest BCUT2D eigenvalue weighted by atomic mass is 10.0. The minimum atomic E-state index is -1.06. The van der Waals surface area contributed by atoms with Crippen molar-refractivity contribution in [3.8, 4) is 44.8 Å². The second-order valence-electron chi connectivity index (χ2n) is 25.8. The van der Waals surface area contributed by atoms with Gasteiger partial charge in [-0.2, -0.15) is 94.5 Å². The predicted octanol–water partition coefficient (Wildman–Crippen LogP) is 13.8. The SMILES string of the molecule is COC(=O)N[C@H](C(=O)N1CCC[C@H]1c1cc2cc(-c3ccc(-c4cnc([C@@H]5CCCN5C(=O)[C@@H](NC(=O)OC)C(C)C)[nH]4)cc3)ccc2[nH]1)C(C)C.COC(=O)N[C@H](C(=O)O)C(C)C.S.S.S.S.S.S.S.[2H]CF.c1cc(-c2cnc([C@@H]3CCCN3)[nH]2)ccc1-c1ccc2nc(C3CCCC3)[nH]c2c1. The van der Waals surface area contributed by atoms with Crippen molar-refractivity contribution < 1.29 is 53.8 Å². The van der Waals surface area contributed by atoms with Gasteiger partial charge in [0.1, 0.15) is 35.6 Å². The first-order valence-corrected chi connectivity index (χ1v) is 33.1. The molecule has 4 aromatic carbocycles. The smallest absolute Gasteiger partial charge is 0.407 e. The highest BCUT2D eigenvalue weighted by Gasteiger charge is 2.39. The third-order valence-electron chi connectivity index (χ3n) is 18.4. The molecule has 4 aliphatic rings. The van der Waals surface area contributed by atoms with E-state index in [-0.39, 0.29) is 136 Å². The fourth-order valence-corrected chi connectivity index (χ4v) is 13.2. The van der Waals surface area contributed by atoms with Crippen molar-refractivity contribution in [2.45, 2.75) is 148 Å². The number of hydrogen-bond donors (Lipinski definition) is 9. The zero-order chi connectivity index (χ0) is 69.4. The van der Waals surface area contributed by atoms with Crippen LogP contribution in [0, 0.1) is 17.8 Å². The summed E-state index contributed by atoms with van der Waals surface area (Å²) in [6, 6.07) is 29.8. The van der Waals surface area contributed by atoms with Crippen LogP contribution in [-0.4, -0.2) is 152 Å². The number of benzene rings is 4. The van der Waals surface area contributed by atoms with Gasteiger partial charge in [0.15, 0.2) is 0 Å². The van der Waals surface area contributed by atoms with Crippen LogP contribution in [-0.2, 0) is 28.6 Å². The van der Waals surface area contributed by atoms with Crippen LogP contribution in [0.5, 0.6) is 0 Å². The average Bonchev–Trinajstić information content (AvgIpc) is 1.64. The highest BCUT2D eigenvalue weighted by molar-refractivity contribution is 7.60. The summed E-state index contributed by atoms with van der Waals surface area (Å²) in [5.41, 5.74) is 12.8. The molecule has 1 saturated carbocycles. The number of nitrogens with one attached hydrogen (secondary N) is 8. The Balaban J connectivity index is 0.000000598. The summed E-state index contributed by atoms with van der Waals surface area (Å²) < 4.78 is 29.3. The summed E-state index contributed by atoms with van der Waals surface area (Å²) in [6.45, 7) is 13.3. The van der Waals surface area contributed by atoms with Gasteiger partial charge in [0.2, 0.25) is 11.8 Å². The third kappa shape index (κ3) is 22.9. The van der Waals surface area contributed by atoms with Crippen LogP contribution in [0.3, 0.4) is 0 Å². The Morgan fingerprint density at radius 1 is 0.515 bits per heavy atom. The molecular weight excluding hydrogens is 1450 g/mol. The second kappa shape index (κ2) is 43.3. The van der Waals surface area contributed by atoms with Crippen molar-refractivity contribution in [3.05, 3.63) is 127 Å². The molecule has 0 spiro atoms. The number of alkyl carbamates (subject to hydrolysis) is 3. The zero-order valence-corrected chi connectivity index (χ0v) is 66.7. The van der Waals surface area contributed by atoms with Crippen LogP contribution >= 0.6 is 94.5 Å².